The maximum absolute atomic E-state index is 10.6. The van der Waals surface area contributed by atoms with Crippen LogP contribution in [0.15, 0.2) is 0 Å². The average Bonchev–Trinajstić information content (AvgIpc) is 1.80. The lowest BCUT2D eigenvalue weighted by Gasteiger charge is -2.13. The molecule has 0 fully saturated rings. The lowest BCUT2D eigenvalue weighted by atomic mass is 10.3. The summed E-state index contributed by atoms with van der Waals surface area (Å²) in [7, 11) is -2.20. The molecular weight excluding hydrogens is 168 g/mol. The Bertz CT molecular complexity index is 200. The summed E-state index contributed by atoms with van der Waals surface area (Å²) in [6.07, 6.45) is -0.105. The molecule has 0 heterocycles. The van der Waals surface area contributed by atoms with Gasteiger partial charge in [0.1, 0.15) is 0 Å². The molecule has 0 amide bonds. The van der Waals surface area contributed by atoms with Gasteiger partial charge in [-0.1, -0.05) is 0 Å². The van der Waals surface area contributed by atoms with Crippen molar-refractivity contribution in [2.45, 2.75) is 19.4 Å². The molecule has 0 aromatic rings. The molecule has 1 atom stereocenters. The second-order valence-electron chi connectivity index (χ2n) is 2.50. The Labute approximate surface area is 67.0 Å². The van der Waals surface area contributed by atoms with Gasteiger partial charge in [0.05, 0.1) is 6.10 Å². The minimum Gasteiger partial charge on any atom is -0.393 e. The van der Waals surface area contributed by atoms with E-state index in [-0.39, 0.29) is 6.54 Å². The Balaban J connectivity index is 3.81. The van der Waals surface area contributed by atoms with Crippen LogP contribution in [0.3, 0.4) is 0 Å². The normalized spacial score (nSPS) is 15.4. The number of nitrogens with two attached hydrogens (primary N) is 1. The first-order chi connectivity index (χ1) is 4.84. The summed E-state index contributed by atoms with van der Waals surface area (Å²) >= 11 is 0. The Kier molecular flexibility index (Phi) is 3.95. The van der Waals surface area contributed by atoms with Crippen molar-refractivity contribution in [2.75, 3.05) is 13.6 Å². The molecule has 11 heavy (non-hydrogen) atoms. The molecule has 3 N–H and O–H groups in total. The van der Waals surface area contributed by atoms with E-state index in [1.165, 1.54) is 7.05 Å². The van der Waals surface area contributed by atoms with Gasteiger partial charge < -0.3 is 5.11 Å². The van der Waals surface area contributed by atoms with E-state index in [0.717, 1.165) is 4.31 Å². The molecule has 6 heteroatoms. The van der Waals surface area contributed by atoms with Gasteiger partial charge in [-0.25, -0.2) is 5.14 Å². The standard InChI is InChI=1S/C5H14N2O3S/c1-5(8)3-4-7(2)11(6,9)10/h5,8H,3-4H2,1-2H3,(H2,6,9,10). The first-order valence-corrected chi connectivity index (χ1v) is 4.76. The molecule has 1 unspecified atom stereocenters. The number of rotatable bonds is 4. The van der Waals surface area contributed by atoms with Crippen LogP contribution in [-0.4, -0.2) is 37.5 Å². The molecule has 0 aromatic heterocycles. The van der Waals surface area contributed by atoms with Crippen LogP contribution < -0.4 is 5.14 Å². The van der Waals surface area contributed by atoms with Crippen LogP contribution in [0.5, 0.6) is 0 Å². The average molecular weight is 182 g/mol. The van der Waals surface area contributed by atoms with Crippen molar-refractivity contribution in [1.29, 1.82) is 0 Å². The zero-order chi connectivity index (χ0) is 9.07. The molecule has 0 bridgehead atoms. The Morgan fingerprint density at radius 3 is 2.36 bits per heavy atom. The highest BCUT2D eigenvalue weighted by atomic mass is 32.2. The van der Waals surface area contributed by atoms with Crippen molar-refractivity contribution < 1.29 is 13.5 Å². The van der Waals surface area contributed by atoms with Crippen molar-refractivity contribution in [3.8, 4) is 0 Å². The van der Waals surface area contributed by atoms with Crippen molar-refractivity contribution in [2.24, 2.45) is 5.14 Å². The molecule has 0 saturated heterocycles. The van der Waals surface area contributed by atoms with Crippen molar-refractivity contribution >= 4 is 10.2 Å². The summed E-state index contributed by atoms with van der Waals surface area (Å²) in [5.41, 5.74) is 0. The monoisotopic (exact) mass is 182 g/mol. The molecule has 0 radical (unpaired) electrons. The van der Waals surface area contributed by atoms with E-state index in [0.29, 0.717) is 6.42 Å². The highest BCUT2D eigenvalue weighted by molar-refractivity contribution is 7.86. The molecule has 0 aliphatic heterocycles. The number of hydrogen-bond donors (Lipinski definition) is 2. The SMILES string of the molecule is CC(O)CCN(C)S(N)(=O)=O. The third kappa shape index (κ3) is 5.14. The van der Waals surface area contributed by atoms with E-state index >= 15 is 0 Å². The maximum atomic E-state index is 10.6. The molecule has 0 saturated carbocycles. The van der Waals surface area contributed by atoms with E-state index in [1.807, 2.05) is 0 Å². The highest BCUT2D eigenvalue weighted by Crippen LogP contribution is 1.95. The van der Waals surface area contributed by atoms with Gasteiger partial charge in [0, 0.05) is 13.6 Å². The van der Waals surface area contributed by atoms with Gasteiger partial charge in [-0.2, -0.15) is 12.7 Å². The van der Waals surface area contributed by atoms with E-state index in [1.54, 1.807) is 6.92 Å². The first-order valence-electron chi connectivity index (χ1n) is 3.26. The van der Waals surface area contributed by atoms with Gasteiger partial charge in [0.25, 0.3) is 10.2 Å². The fraction of sp³-hybridized carbons (Fsp3) is 1.00. The van der Waals surface area contributed by atoms with E-state index < -0.39 is 16.3 Å². The Morgan fingerprint density at radius 2 is 2.09 bits per heavy atom. The second kappa shape index (κ2) is 4.01. The Morgan fingerprint density at radius 1 is 1.64 bits per heavy atom. The van der Waals surface area contributed by atoms with Gasteiger partial charge in [-0.15, -0.1) is 0 Å². The quantitative estimate of drug-likeness (QED) is 0.578. The smallest absolute Gasteiger partial charge is 0.276 e. The fourth-order valence-electron chi connectivity index (χ4n) is 0.496. The van der Waals surface area contributed by atoms with Gasteiger partial charge >= 0.3 is 0 Å². The van der Waals surface area contributed by atoms with E-state index in [9.17, 15) is 8.42 Å². The van der Waals surface area contributed by atoms with Gasteiger partial charge in [-0.05, 0) is 13.3 Å². The number of hydrogen-bond acceptors (Lipinski definition) is 3. The van der Waals surface area contributed by atoms with Crippen molar-refractivity contribution in [1.82, 2.24) is 4.31 Å². The number of aliphatic hydroxyl groups is 1. The zero-order valence-electron chi connectivity index (χ0n) is 6.69. The summed E-state index contributed by atoms with van der Waals surface area (Å²) in [5.74, 6) is 0. The minimum absolute atomic E-state index is 0.247. The molecule has 0 aliphatic rings. The molecular formula is C5H14N2O3S. The topological polar surface area (TPSA) is 83.6 Å². The largest absolute Gasteiger partial charge is 0.393 e. The predicted octanol–water partition coefficient (Wildman–Crippen LogP) is -1.11. The highest BCUT2D eigenvalue weighted by Gasteiger charge is 2.11. The zero-order valence-corrected chi connectivity index (χ0v) is 7.50. The molecule has 0 rings (SSSR count). The lowest BCUT2D eigenvalue weighted by Crippen LogP contribution is -2.34. The first kappa shape index (κ1) is 10.8. The van der Waals surface area contributed by atoms with Gasteiger partial charge in [0.15, 0.2) is 0 Å². The molecule has 5 nitrogen and oxygen atoms in total. The summed E-state index contributed by atoms with van der Waals surface area (Å²) in [5, 5.41) is 13.6. The van der Waals surface area contributed by atoms with Crippen molar-refractivity contribution in [3.05, 3.63) is 0 Å². The summed E-state index contributed by atoms with van der Waals surface area (Å²) in [6, 6.07) is 0. The third-order valence-corrected chi connectivity index (χ3v) is 2.35. The van der Waals surface area contributed by atoms with E-state index in [4.69, 9.17) is 10.2 Å². The second-order valence-corrected chi connectivity index (χ2v) is 4.16. The molecule has 0 spiro atoms. The van der Waals surface area contributed by atoms with Crippen LogP contribution in [0.1, 0.15) is 13.3 Å². The lowest BCUT2D eigenvalue weighted by molar-refractivity contribution is 0.177. The van der Waals surface area contributed by atoms with Crippen LogP contribution in [0.4, 0.5) is 0 Å². The van der Waals surface area contributed by atoms with Crippen LogP contribution in [-0.2, 0) is 10.2 Å². The van der Waals surface area contributed by atoms with Gasteiger partial charge in [0.2, 0.25) is 0 Å². The molecule has 0 aromatic carbocycles. The van der Waals surface area contributed by atoms with Crippen molar-refractivity contribution in [3.63, 3.8) is 0 Å². The van der Waals surface area contributed by atoms with Crippen LogP contribution in [0.25, 0.3) is 0 Å². The maximum Gasteiger partial charge on any atom is 0.276 e. The Hall–Kier alpha value is -0.170. The molecule has 0 aliphatic carbocycles. The summed E-state index contributed by atoms with van der Waals surface area (Å²) < 4.78 is 22.1. The van der Waals surface area contributed by atoms with E-state index in [2.05, 4.69) is 0 Å². The number of nitrogens with zero attached hydrogens (tertiary/aromatic N) is 1. The molecule has 68 valence electrons. The van der Waals surface area contributed by atoms with Crippen LogP contribution in [0.2, 0.25) is 0 Å². The predicted molar refractivity (Wildman–Crippen MR) is 42.0 cm³/mol. The minimum atomic E-state index is -3.58. The number of aliphatic hydroxyl groups excluding tert-OH is 1. The van der Waals surface area contributed by atoms with Crippen LogP contribution >= 0.6 is 0 Å². The summed E-state index contributed by atoms with van der Waals surface area (Å²) in [6.45, 7) is 1.84. The van der Waals surface area contributed by atoms with Crippen LogP contribution in [0, 0.1) is 0 Å². The van der Waals surface area contributed by atoms with Gasteiger partial charge in [-0.3, -0.25) is 0 Å². The third-order valence-electron chi connectivity index (χ3n) is 1.30. The summed E-state index contributed by atoms with van der Waals surface area (Å²) in [4.78, 5) is 0. The fourth-order valence-corrected chi connectivity index (χ4v) is 0.856.